The Hall–Kier alpha value is -1.47. The first-order chi connectivity index (χ1) is 9.90. The van der Waals surface area contributed by atoms with Gasteiger partial charge in [-0.2, -0.15) is 0 Å². The van der Waals surface area contributed by atoms with Crippen molar-refractivity contribution in [2.75, 3.05) is 19.6 Å². The molecule has 0 aliphatic heterocycles. The van der Waals surface area contributed by atoms with Gasteiger partial charge in [-0.05, 0) is 37.1 Å². The van der Waals surface area contributed by atoms with E-state index in [9.17, 15) is 17.6 Å². The van der Waals surface area contributed by atoms with Gasteiger partial charge < -0.3 is 4.90 Å². The number of nitrogens with one attached hydrogen (secondary N) is 1. The molecule has 1 rings (SSSR count). The number of carbonyl (C=O) groups is 1. The number of carbonyl (C=O) groups excluding carboxylic acids is 1. The van der Waals surface area contributed by atoms with Crippen molar-refractivity contribution < 1.29 is 17.6 Å². The summed E-state index contributed by atoms with van der Waals surface area (Å²) in [6, 6.07) is 4.46. The van der Waals surface area contributed by atoms with Crippen LogP contribution in [0.25, 0.3) is 0 Å². The molecular weight excluding hydrogens is 295 g/mol. The summed E-state index contributed by atoms with van der Waals surface area (Å²) >= 11 is 0. The molecule has 0 spiro atoms. The third kappa shape index (κ3) is 5.43. The van der Waals surface area contributed by atoms with Crippen LogP contribution >= 0.6 is 0 Å². The fourth-order valence-corrected chi connectivity index (χ4v) is 2.84. The minimum absolute atomic E-state index is 0.0609. The second-order valence-corrected chi connectivity index (χ2v) is 6.43. The molecule has 0 radical (unpaired) electrons. The van der Waals surface area contributed by atoms with Crippen LogP contribution in [0.2, 0.25) is 0 Å². The summed E-state index contributed by atoms with van der Waals surface area (Å²) in [6.45, 7) is 4.83. The summed E-state index contributed by atoms with van der Waals surface area (Å²) in [5.74, 6) is -0.772. The molecule has 5 nitrogen and oxygen atoms in total. The number of nitrogens with zero attached hydrogens (tertiary/aromatic N) is 1. The van der Waals surface area contributed by atoms with Crippen molar-refractivity contribution in [2.24, 2.45) is 0 Å². The van der Waals surface area contributed by atoms with E-state index in [1.807, 2.05) is 13.8 Å². The lowest BCUT2D eigenvalue weighted by Crippen LogP contribution is -2.40. The van der Waals surface area contributed by atoms with Crippen molar-refractivity contribution in [3.63, 3.8) is 0 Å². The molecule has 1 amide bonds. The second kappa shape index (κ2) is 8.09. The highest BCUT2D eigenvalue weighted by atomic mass is 32.2. The summed E-state index contributed by atoms with van der Waals surface area (Å²) in [6.07, 6.45) is 1.63. The Balaban J connectivity index is 2.68. The molecule has 1 aromatic carbocycles. The standard InChI is InChI=1S/C14H21FN2O3S/c1-3-9-17(10-4-2)14(18)11-16-21(19,20)13-7-5-12(15)6-8-13/h5-8,16H,3-4,9-11H2,1-2H3. The summed E-state index contributed by atoms with van der Waals surface area (Å²) in [5, 5.41) is 0. The molecule has 0 aliphatic carbocycles. The van der Waals surface area contributed by atoms with Gasteiger partial charge in [-0.15, -0.1) is 0 Å². The zero-order valence-corrected chi connectivity index (χ0v) is 13.1. The number of hydrogen-bond acceptors (Lipinski definition) is 3. The van der Waals surface area contributed by atoms with Gasteiger partial charge in [0.1, 0.15) is 5.82 Å². The van der Waals surface area contributed by atoms with Crippen LogP contribution < -0.4 is 4.72 Å². The molecule has 21 heavy (non-hydrogen) atoms. The van der Waals surface area contributed by atoms with Gasteiger partial charge >= 0.3 is 0 Å². The molecule has 1 aromatic rings. The molecule has 0 atom stereocenters. The van der Waals surface area contributed by atoms with Gasteiger partial charge in [-0.3, -0.25) is 4.79 Å². The Morgan fingerprint density at radius 3 is 2.14 bits per heavy atom. The van der Waals surface area contributed by atoms with Gasteiger partial charge in [-0.1, -0.05) is 13.8 Å². The van der Waals surface area contributed by atoms with E-state index < -0.39 is 15.8 Å². The van der Waals surface area contributed by atoms with Gasteiger partial charge in [0, 0.05) is 13.1 Å². The molecule has 0 fully saturated rings. The topological polar surface area (TPSA) is 66.5 Å². The van der Waals surface area contributed by atoms with Gasteiger partial charge in [0.15, 0.2) is 0 Å². The fraction of sp³-hybridized carbons (Fsp3) is 0.500. The average molecular weight is 316 g/mol. The molecule has 118 valence electrons. The highest BCUT2D eigenvalue weighted by molar-refractivity contribution is 7.89. The first-order valence-electron chi connectivity index (χ1n) is 6.93. The van der Waals surface area contributed by atoms with Crippen molar-refractivity contribution in [3.8, 4) is 0 Å². The Morgan fingerprint density at radius 2 is 1.67 bits per heavy atom. The molecule has 0 heterocycles. The quantitative estimate of drug-likeness (QED) is 0.794. The highest BCUT2D eigenvalue weighted by Crippen LogP contribution is 2.09. The third-order valence-electron chi connectivity index (χ3n) is 2.88. The number of halogens is 1. The molecule has 0 aromatic heterocycles. The van der Waals surface area contributed by atoms with Gasteiger partial charge in [-0.25, -0.2) is 17.5 Å². The van der Waals surface area contributed by atoms with Crippen molar-refractivity contribution in [1.82, 2.24) is 9.62 Å². The maximum Gasteiger partial charge on any atom is 0.241 e. The monoisotopic (exact) mass is 316 g/mol. The Bertz CT molecular complexity index is 552. The number of sulfonamides is 1. The third-order valence-corrected chi connectivity index (χ3v) is 4.29. The minimum atomic E-state index is -3.80. The van der Waals surface area contributed by atoms with E-state index in [2.05, 4.69) is 4.72 Å². The van der Waals surface area contributed by atoms with Crippen LogP contribution in [0, 0.1) is 5.82 Å². The first-order valence-corrected chi connectivity index (χ1v) is 8.42. The van der Waals surface area contributed by atoms with Crippen molar-refractivity contribution in [1.29, 1.82) is 0 Å². The van der Waals surface area contributed by atoms with Gasteiger partial charge in [0.2, 0.25) is 15.9 Å². The summed E-state index contributed by atoms with van der Waals surface area (Å²) in [4.78, 5) is 13.6. The van der Waals surface area contributed by atoms with E-state index in [0.717, 1.165) is 37.1 Å². The number of rotatable bonds is 8. The van der Waals surface area contributed by atoms with Crippen LogP contribution in [0.15, 0.2) is 29.2 Å². The molecule has 0 unspecified atom stereocenters. The van der Waals surface area contributed by atoms with E-state index in [1.165, 1.54) is 0 Å². The second-order valence-electron chi connectivity index (χ2n) is 4.66. The van der Waals surface area contributed by atoms with E-state index in [4.69, 9.17) is 0 Å². The predicted octanol–water partition coefficient (Wildman–Crippen LogP) is 1.75. The smallest absolute Gasteiger partial charge is 0.241 e. The lowest BCUT2D eigenvalue weighted by molar-refractivity contribution is -0.130. The van der Waals surface area contributed by atoms with Crippen LogP contribution in [0.4, 0.5) is 4.39 Å². The zero-order valence-electron chi connectivity index (χ0n) is 12.3. The summed E-state index contributed by atoms with van der Waals surface area (Å²) in [7, 11) is -3.80. The maximum absolute atomic E-state index is 12.8. The lowest BCUT2D eigenvalue weighted by atomic mass is 10.3. The Labute approximate surface area is 125 Å². The number of hydrogen-bond donors (Lipinski definition) is 1. The Morgan fingerprint density at radius 1 is 1.14 bits per heavy atom. The molecule has 0 aliphatic rings. The van der Waals surface area contributed by atoms with Crippen molar-refractivity contribution >= 4 is 15.9 Å². The average Bonchev–Trinajstić information content (AvgIpc) is 2.45. The summed E-state index contributed by atoms with van der Waals surface area (Å²) < 4.78 is 39.0. The molecule has 0 saturated carbocycles. The normalized spacial score (nSPS) is 11.4. The minimum Gasteiger partial charge on any atom is -0.342 e. The molecule has 7 heteroatoms. The van der Waals surface area contributed by atoms with Crippen LogP contribution in [0.5, 0.6) is 0 Å². The maximum atomic E-state index is 12.8. The van der Waals surface area contributed by atoms with Crippen molar-refractivity contribution in [2.45, 2.75) is 31.6 Å². The van der Waals surface area contributed by atoms with Crippen molar-refractivity contribution in [3.05, 3.63) is 30.1 Å². The first kappa shape index (κ1) is 17.6. The molecular formula is C14H21FN2O3S. The van der Waals surface area contributed by atoms with Gasteiger partial charge in [0.05, 0.1) is 11.4 Å². The van der Waals surface area contributed by atoms with Crippen LogP contribution in [-0.2, 0) is 14.8 Å². The SMILES string of the molecule is CCCN(CCC)C(=O)CNS(=O)(=O)c1ccc(F)cc1. The zero-order chi connectivity index (χ0) is 15.9. The van der Waals surface area contributed by atoms with E-state index in [0.29, 0.717) is 13.1 Å². The lowest BCUT2D eigenvalue weighted by Gasteiger charge is -2.21. The fourth-order valence-electron chi connectivity index (χ4n) is 1.87. The molecule has 0 bridgehead atoms. The van der Waals surface area contributed by atoms with E-state index >= 15 is 0 Å². The van der Waals surface area contributed by atoms with E-state index in [-0.39, 0.29) is 17.3 Å². The number of amides is 1. The molecule has 0 saturated heterocycles. The van der Waals surface area contributed by atoms with Crippen LogP contribution in [0.1, 0.15) is 26.7 Å². The van der Waals surface area contributed by atoms with Gasteiger partial charge in [0.25, 0.3) is 0 Å². The van der Waals surface area contributed by atoms with Crippen LogP contribution in [0.3, 0.4) is 0 Å². The highest BCUT2D eigenvalue weighted by Gasteiger charge is 2.18. The largest absolute Gasteiger partial charge is 0.342 e. The number of benzene rings is 1. The molecule has 1 N–H and O–H groups in total. The Kier molecular flexibility index (Phi) is 6.77. The van der Waals surface area contributed by atoms with E-state index in [1.54, 1.807) is 4.90 Å². The van der Waals surface area contributed by atoms with Crippen LogP contribution in [-0.4, -0.2) is 38.9 Å². The predicted molar refractivity (Wildman–Crippen MR) is 78.8 cm³/mol. The summed E-state index contributed by atoms with van der Waals surface area (Å²) in [5.41, 5.74) is 0.